The molecule has 0 saturated heterocycles. The Hall–Kier alpha value is -1.04. The quantitative estimate of drug-likeness (QED) is 0.820. The molecule has 20 heavy (non-hydrogen) atoms. The van der Waals surface area contributed by atoms with E-state index >= 15 is 0 Å². The van der Waals surface area contributed by atoms with Gasteiger partial charge >= 0.3 is 0 Å². The summed E-state index contributed by atoms with van der Waals surface area (Å²) in [6, 6.07) is 7.64. The number of halogens is 1. The first kappa shape index (κ1) is 15.4. The molecule has 0 amide bonds. The van der Waals surface area contributed by atoms with Crippen molar-refractivity contribution in [1.29, 1.82) is 0 Å². The first-order valence-electron chi connectivity index (χ1n) is 6.49. The first-order chi connectivity index (χ1) is 9.61. The van der Waals surface area contributed by atoms with Crippen LogP contribution < -0.4 is 0 Å². The van der Waals surface area contributed by atoms with Crippen molar-refractivity contribution < 1.29 is 9.63 Å². The molecular weight excluding hydrogens is 296 g/mol. The Morgan fingerprint density at radius 1 is 1.40 bits per heavy atom. The average Bonchev–Trinajstić information content (AvgIpc) is 2.93. The summed E-state index contributed by atoms with van der Waals surface area (Å²) in [6.07, 6.45) is 0.201. The van der Waals surface area contributed by atoms with Crippen LogP contribution in [0.2, 0.25) is 5.02 Å². The van der Waals surface area contributed by atoms with E-state index in [-0.39, 0.29) is 5.92 Å². The summed E-state index contributed by atoms with van der Waals surface area (Å²) >= 11 is 7.65. The van der Waals surface area contributed by atoms with E-state index in [1.165, 1.54) is 0 Å². The number of rotatable bonds is 6. The van der Waals surface area contributed by atoms with E-state index in [0.717, 1.165) is 9.92 Å². The van der Waals surface area contributed by atoms with E-state index in [1.807, 2.05) is 38.1 Å². The molecule has 1 N–H and O–H groups in total. The van der Waals surface area contributed by atoms with Crippen LogP contribution in [0.25, 0.3) is 0 Å². The SMILES string of the molecule is CCC(O)C(C)c1nc(CSc2ccccc2Cl)no1. The minimum absolute atomic E-state index is 0.147. The van der Waals surface area contributed by atoms with E-state index in [2.05, 4.69) is 10.1 Å². The summed E-state index contributed by atoms with van der Waals surface area (Å²) in [7, 11) is 0. The van der Waals surface area contributed by atoms with Gasteiger partial charge < -0.3 is 9.63 Å². The number of aliphatic hydroxyl groups is 1. The molecule has 2 atom stereocenters. The third kappa shape index (κ3) is 3.75. The molecule has 4 nitrogen and oxygen atoms in total. The maximum atomic E-state index is 9.78. The monoisotopic (exact) mass is 312 g/mol. The maximum absolute atomic E-state index is 9.78. The molecule has 2 rings (SSSR count). The number of aliphatic hydroxyl groups excluding tert-OH is 1. The van der Waals surface area contributed by atoms with E-state index in [4.69, 9.17) is 16.1 Å². The zero-order valence-electron chi connectivity index (χ0n) is 11.4. The summed E-state index contributed by atoms with van der Waals surface area (Å²) < 4.78 is 5.20. The molecule has 0 spiro atoms. The lowest BCUT2D eigenvalue weighted by molar-refractivity contribution is 0.129. The summed E-state index contributed by atoms with van der Waals surface area (Å²) in [5, 5.41) is 14.4. The van der Waals surface area contributed by atoms with Gasteiger partial charge in [0, 0.05) is 4.90 Å². The Kier molecular flexibility index (Phi) is 5.46. The number of hydrogen-bond donors (Lipinski definition) is 1. The van der Waals surface area contributed by atoms with Crippen molar-refractivity contribution >= 4 is 23.4 Å². The zero-order valence-corrected chi connectivity index (χ0v) is 13.0. The molecular formula is C14H17ClN2O2S. The Morgan fingerprint density at radius 3 is 2.85 bits per heavy atom. The van der Waals surface area contributed by atoms with Gasteiger partial charge in [-0.25, -0.2) is 0 Å². The highest BCUT2D eigenvalue weighted by molar-refractivity contribution is 7.98. The minimum Gasteiger partial charge on any atom is -0.392 e. The highest BCUT2D eigenvalue weighted by atomic mass is 35.5. The summed E-state index contributed by atoms with van der Waals surface area (Å²) in [6.45, 7) is 3.80. The first-order valence-corrected chi connectivity index (χ1v) is 7.86. The van der Waals surface area contributed by atoms with Crippen molar-refractivity contribution in [3.05, 3.63) is 41.0 Å². The van der Waals surface area contributed by atoms with Crippen molar-refractivity contribution in [2.45, 2.75) is 42.9 Å². The molecule has 1 aromatic carbocycles. The molecule has 0 aliphatic carbocycles. The van der Waals surface area contributed by atoms with Crippen LogP contribution in [0.4, 0.5) is 0 Å². The van der Waals surface area contributed by atoms with Crippen LogP contribution in [0.3, 0.4) is 0 Å². The topological polar surface area (TPSA) is 59.2 Å². The molecule has 0 fully saturated rings. The maximum Gasteiger partial charge on any atom is 0.232 e. The molecule has 0 aliphatic heterocycles. The van der Waals surface area contributed by atoms with Gasteiger partial charge in [-0.2, -0.15) is 4.98 Å². The average molecular weight is 313 g/mol. The molecule has 0 saturated carbocycles. The van der Waals surface area contributed by atoms with Crippen LogP contribution in [-0.2, 0) is 5.75 Å². The second-order valence-electron chi connectivity index (χ2n) is 4.53. The lowest BCUT2D eigenvalue weighted by Crippen LogP contribution is -2.14. The molecule has 1 aromatic heterocycles. The van der Waals surface area contributed by atoms with Crippen LogP contribution in [0.15, 0.2) is 33.7 Å². The Bertz CT molecular complexity index is 562. The van der Waals surface area contributed by atoms with Gasteiger partial charge in [0.1, 0.15) is 0 Å². The van der Waals surface area contributed by atoms with Gasteiger partial charge in [0.25, 0.3) is 0 Å². The Labute approximate surface area is 127 Å². The molecule has 0 aliphatic rings. The van der Waals surface area contributed by atoms with Crippen LogP contribution in [0.5, 0.6) is 0 Å². The van der Waals surface area contributed by atoms with Gasteiger partial charge in [-0.3, -0.25) is 0 Å². The second-order valence-corrected chi connectivity index (χ2v) is 5.96. The number of benzene rings is 1. The van der Waals surface area contributed by atoms with E-state index in [1.54, 1.807) is 11.8 Å². The fourth-order valence-corrected chi connectivity index (χ4v) is 2.82. The van der Waals surface area contributed by atoms with Crippen molar-refractivity contribution in [2.75, 3.05) is 0 Å². The highest BCUT2D eigenvalue weighted by Gasteiger charge is 2.20. The van der Waals surface area contributed by atoms with E-state index < -0.39 is 6.10 Å². The number of aromatic nitrogens is 2. The fraction of sp³-hybridized carbons (Fsp3) is 0.429. The number of nitrogens with zero attached hydrogens (tertiary/aromatic N) is 2. The minimum atomic E-state index is -0.459. The third-order valence-corrected chi connectivity index (χ3v) is 4.57. The van der Waals surface area contributed by atoms with Crippen molar-refractivity contribution in [1.82, 2.24) is 10.1 Å². The standard InChI is InChI=1S/C14H17ClN2O2S/c1-3-11(18)9(2)14-16-13(17-19-14)8-20-12-7-5-4-6-10(12)15/h4-7,9,11,18H,3,8H2,1-2H3. The fourth-order valence-electron chi connectivity index (χ4n) is 1.73. The lowest BCUT2D eigenvalue weighted by atomic mass is 10.0. The largest absolute Gasteiger partial charge is 0.392 e. The second kappa shape index (κ2) is 7.11. The summed E-state index contributed by atoms with van der Waals surface area (Å²) in [5.41, 5.74) is 0. The predicted octanol–water partition coefficient (Wildman–Crippen LogP) is 3.89. The normalized spacial score (nSPS) is 14.2. The summed E-state index contributed by atoms with van der Waals surface area (Å²) in [5.74, 6) is 1.53. The molecule has 0 bridgehead atoms. The number of thioether (sulfide) groups is 1. The van der Waals surface area contributed by atoms with Gasteiger partial charge in [0.15, 0.2) is 5.82 Å². The molecule has 2 unspecified atom stereocenters. The van der Waals surface area contributed by atoms with Crippen molar-refractivity contribution in [2.24, 2.45) is 0 Å². The van der Waals surface area contributed by atoms with Gasteiger partial charge in [-0.1, -0.05) is 42.7 Å². The third-order valence-electron chi connectivity index (χ3n) is 3.06. The van der Waals surface area contributed by atoms with Gasteiger partial charge in [-0.15, -0.1) is 11.8 Å². The smallest absolute Gasteiger partial charge is 0.232 e. The van der Waals surface area contributed by atoms with E-state index in [9.17, 15) is 5.11 Å². The summed E-state index contributed by atoms with van der Waals surface area (Å²) in [4.78, 5) is 5.31. The van der Waals surface area contributed by atoms with Crippen LogP contribution in [0, 0.1) is 0 Å². The lowest BCUT2D eigenvalue weighted by Gasteiger charge is -2.11. The molecule has 0 radical (unpaired) electrons. The Morgan fingerprint density at radius 2 is 2.15 bits per heavy atom. The van der Waals surface area contributed by atoms with E-state index in [0.29, 0.717) is 23.9 Å². The zero-order chi connectivity index (χ0) is 14.5. The molecule has 2 aromatic rings. The van der Waals surface area contributed by atoms with Crippen molar-refractivity contribution in [3.8, 4) is 0 Å². The number of hydrogen-bond acceptors (Lipinski definition) is 5. The van der Waals surface area contributed by atoms with Crippen molar-refractivity contribution in [3.63, 3.8) is 0 Å². The van der Waals surface area contributed by atoms with Gasteiger partial charge in [0.2, 0.25) is 5.89 Å². The molecule has 108 valence electrons. The molecule has 6 heteroatoms. The van der Waals surface area contributed by atoms with Crippen LogP contribution in [-0.4, -0.2) is 21.4 Å². The van der Waals surface area contributed by atoms with Gasteiger partial charge in [-0.05, 0) is 18.6 Å². The Balaban J connectivity index is 1.98. The van der Waals surface area contributed by atoms with Crippen LogP contribution >= 0.6 is 23.4 Å². The van der Waals surface area contributed by atoms with Gasteiger partial charge in [0.05, 0.1) is 22.8 Å². The van der Waals surface area contributed by atoms with Crippen LogP contribution in [0.1, 0.15) is 37.9 Å². The molecule has 1 heterocycles. The highest BCUT2D eigenvalue weighted by Crippen LogP contribution is 2.29. The predicted molar refractivity (Wildman–Crippen MR) is 80.0 cm³/mol.